The van der Waals surface area contributed by atoms with Crippen LogP contribution in [0.4, 0.5) is 0 Å². The van der Waals surface area contributed by atoms with E-state index in [1.165, 1.54) is 0 Å². The van der Waals surface area contributed by atoms with Crippen LogP contribution < -0.4 is 4.74 Å². The van der Waals surface area contributed by atoms with Crippen LogP contribution in [0.5, 0.6) is 5.75 Å². The molecule has 1 aromatic carbocycles. The van der Waals surface area contributed by atoms with Gasteiger partial charge in [-0.1, -0.05) is 0 Å². The Kier molecular flexibility index (Phi) is 3.77. The highest BCUT2D eigenvalue weighted by atomic mass is 79.9. The van der Waals surface area contributed by atoms with Gasteiger partial charge in [0.25, 0.3) is 0 Å². The summed E-state index contributed by atoms with van der Waals surface area (Å²) in [6.07, 6.45) is 1.07. The molecule has 0 amide bonds. The van der Waals surface area contributed by atoms with Crippen LogP contribution in [0.25, 0.3) is 0 Å². The van der Waals surface area contributed by atoms with E-state index >= 15 is 0 Å². The smallest absolute Gasteiger partial charge is 0.214 e. The normalized spacial score (nSPS) is 10.3. The largest absolute Gasteiger partial charge is 0.497 e. The Hall–Kier alpha value is -0.990. The third kappa shape index (κ3) is 3.94. The summed E-state index contributed by atoms with van der Waals surface area (Å²) in [7, 11) is -1.71. The maximum atomic E-state index is 10.8. The van der Waals surface area contributed by atoms with Crippen molar-refractivity contribution >= 4 is 25.8 Å². The Labute approximate surface area is 97.5 Å². The second-order valence-corrected chi connectivity index (χ2v) is 5.45. The summed E-state index contributed by atoms with van der Waals surface area (Å²) >= 11 is 3.28. The molecule has 3 nitrogen and oxygen atoms in total. The summed E-state index contributed by atoms with van der Waals surface area (Å²) in [5, 5.41) is 2.17. The first-order chi connectivity index (χ1) is 6.92. The standard InChI is InChI=1S/C10H9BrO3S/c1-14-9-4-3-8(10(11)7-9)5-6-15(2,12)13/h3-4,7H,1-2H3. The van der Waals surface area contributed by atoms with Gasteiger partial charge in [0.2, 0.25) is 9.84 Å². The number of ether oxygens (including phenoxy) is 1. The van der Waals surface area contributed by atoms with E-state index in [4.69, 9.17) is 4.74 Å². The molecule has 0 saturated heterocycles. The average Bonchev–Trinajstić information content (AvgIpc) is 2.14. The van der Waals surface area contributed by atoms with Crippen molar-refractivity contribution in [3.63, 3.8) is 0 Å². The molecule has 0 spiro atoms. The highest BCUT2D eigenvalue weighted by Gasteiger charge is 1.99. The number of sulfone groups is 1. The number of halogens is 1. The molecule has 0 radical (unpaired) electrons. The topological polar surface area (TPSA) is 43.4 Å². The molecule has 0 fully saturated rings. The van der Waals surface area contributed by atoms with Gasteiger partial charge < -0.3 is 4.74 Å². The fourth-order valence-electron chi connectivity index (χ4n) is 0.872. The Morgan fingerprint density at radius 1 is 1.40 bits per heavy atom. The molecule has 0 N–H and O–H groups in total. The fraction of sp³-hybridized carbons (Fsp3) is 0.200. The first kappa shape index (κ1) is 12.1. The van der Waals surface area contributed by atoms with E-state index in [0.717, 1.165) is 6.26 Å². The molecular formula is C10H9BrO3S. The molecule has 80 valence electrons. The van der Waals surface area contributed by atoms with Gasteiger partial charge in [-0.05, 0) is 40.0 Å². The van der Waals surface area contributed by atoms with Crippen molar-refractivity contribution in [2.45, 2.75) is 0 Å². The summed E-state index contributed by atoms with van der Waals surface area (Å²) in [4.78, 5) is 0. The van der Waals surface area contributed by atoms with Crippen LogP contribution >= 0.6 is 15.9 Å². The fourth-order valence-corrected chi connectivity index (χ4v) is 1.62. The van der Waals surface area contributed by atoms with Crippen molar-refractivity contribution < 1.29 is 13.2 Å². The van der Waals surface area contributed by atoms with E-state index in [2.05, 4.69) is 27.1 Å². The molecule has 0 aromatic heterocycles. The Balaban J connectivity index is 3.11. The number of benzene rings is 1. The van der Waals surface area contributed by atoms with E-state index in [1.807, 2.05) is 0 Å². The summed E-state index contributed by atoms with van der Waals surface area (Å²) < 4.78 is 27.4. The molecule has 0 bridgehead atoms. The zero-order chi connectivity index (χ0) is 11.5. The van der Waals surface area contributed by atoms with Gasteiger partial charge >= 0.3 is 0 Å². The van der Waals surface area contributed by atoms with Gasteiger partial charge in [0, 0.05) is 15.3 Å². The minimum Gasteiger partial charge on any atom is -0.497 e. The summed E-state index contributed by atoms with van der Waals surface area (Å²) in [5.41, 5.74) is 0.612. The van der Waals surface area contributed by atoms with E-state index in [1.54, 1.807) is 25.3 Å². The second-order valence-electron chi connectivity index (χ2n) is 2.85. The van der Waals surface area contributed by atoms with E-state index < -0.39 is 9.84 Å². The monoisotopic (exact) mass is 288 g/mol. The lowest BCUT2D eigenvalue weighted by atomic mass is 10.2. The van der Waals surface area contributed by atoms with Crippen molar-refractivity contribution in [1.82, 2.24) is 0 Å². The van der Waals surface area contributed by atoms with E-state index in [9.17, 15) is 8.42 Å². The van der Waals surface area contributed by atoms with Gasteiger partial charge in [0.15, 0.2) is 0 Å². The first-order valence-electron chi connectivity index (χ1n) is 3.99. The maximum absolute atomic E-state index is 10.8. The lowest BCUT2D eigenvalue weighted by molar-refractivity contribution is 0.414. The molecule has 15 heavy (non-hydrogen) atoms. The molecule has 0 aliphatic carbocycles. The van der Waals surface area contributed by atoms with Crippen LogP contribution in [0.1, 0.15) is 5.56 Å². The number of rotatable bonds is 1. The molecule has 0 saturated carbocycles. The quantitative estimate of drug-likeness (QED) is 0.741. The van der Waals surface area contributed by atoms with Crippen LogP contribution in [-0.4, -0.2) is 21.8 Å². The van der Waals surface area contributed by atoms with Crippen molar-refractivity contribution in [2.75, 3.05) is 13.4 Å². The van der Waals surface area contributed by atoms with Crippen LogP contribution in [0, 0.1) is 11.2 Å². The maximum Gasteiger partial charge on any atom is 0.214 e. The van der Waals surface area contributed by atoms with E-state index in [0.29, 0.717) is 15.8 Å². The molecule has 0 unspecified atom stereocenters. The molecule has 0 aliphatic rings. The van der Waals surface area contributed by atoms with Crippen LogP contribution in [0.3, 0.4) is 0 Å². The lowest BCUT2D eigenvalue weighted by Crippen LogP contribution is -1.90. The van der Waals surface area contributed by atoms with Crippen molar-refractivity contribution in [3.8, 4) is 16.9 Å². The van der Waals surface area contributed by atoms with Gasteiger partial charge in [-0.25, -0.2) is 8.42 Å². The van der Waals surface area contributed by atoms with Gasteiger partial charge in [0.1, 0.15) is 5.75 Å². The van der Waals surface area contributed by atoms with Gasteiger partial charge in [-0.2, -0.15) is 0 Å². The molecule has 5 heteroatoms. The minimum absolute atomic E-state index is 0.612. The third-order valence-corrected chi connectivity index (χ3v) is 2.68. The molecule has 0 heterocycles. The third-order valence-electron chi connectivity index (χ3n) is 1.55. The Morgan fingerprint density at radius 2 is 2.07 bits per heavy atom. The predicted molar refractivity (Wildman–Crippen MR) is 62.4 cm³/mol. The van der Waals surface area contributed by atoms with Crippen molar-refractivity contribution in [2.24, 2.45) is 0 Å². The predicted octanol–water partition coefficient (Wildman–Crippen LogP) is 1.81. The summed E-state index contributed by atoms with van der Waals surface area (Å²) in [6.45, 7) is 0. The Morgan fingerprint density at radius 3 is 2.53 bits per heavy atom. The number of hydrogen-bond acceptors (Lipinski definition) is 3. The summed E-state index contributed by atoms with van der Waals surface area (Å²) in [5.74, 6) is 3.25. The number of methoxy groups -OCH3 is 1. The molecule has 0 aliphatic heterocycles. The van der Waals surface area contributed by atoms with Crippen LogP contribution in [0.2, 0.25) is 0 Å². The van der Waals surface area contributed by atoms with Crippen molar-refractivity contribution in [3.05, 3.63) is 28.2 Å². The van der Waals surface area contributed by atoms with Gasteiger partial charge in [0.05, 0.1) is 13.4 Å². The molecule has 1 aromatic rings. The highest BCUT2D eigenvalue weighted by molar-refractivity contribution is 9.10. The zero-order valence-corrected chi connectivity index (χ0v) is 10.6. The highest BCUT2D eigenvalue weighted by Crippen LogP contribution is 2.21. The zero-order valence-electron chi connectivity index (χ0n) is 8.24. The second kappa shape index (κ2) is 4.69. The van der Waals surface area contributed by atoms with Gasteiger partial charge in [-0.3, -0.25) is 0 Å². The van der Waals surface area contributed by atoms with Crippen LogP contribution in [0.15, 0.2) is 22.7 Å². The minimum atomic E-state index is -3.27. The SMILES string of the molecule is COc1ccc(C#CS(C)(=O)=O)c(Br)c1. The first-order valence-corrected chi connectivity index (χ1v) is 6.67. The summed E-state index contributed by atoms with van der Waals surface area (Å²) in [6, 6.07) is 5.14. The Bertz CT molecular complexity index is 523. The van der Waals surface area contributed by atoms with Crippen molar-refractivity contribution in [1.29, 1.82) is 0 Å². The average molecular weight is 289 g/mol. The lowest BCUT2D eigenvalue weighted by Gasteiger charge is -2.00. The number of hydrogen-bond donors (Lipinski definition) is 0. The van der Waals surface area contributed by atoms with Gasteiger partial charge in [-0.15, -0.1) is 0 Å². The molecular weight excluding hydrogens is 280 g/mol. The molecule has 1 rings (SSSR count). The van der Waals surface area contributed by atoms with Crippen LogP contribution in [-0.2, 0) is 9.84 Å². The molecule has 0 atom stereocenters. The van der Waals surface area contributed by atoms with E-state index in [-0.39, 0.29) is 0 Å².